The Bertz CT molecular complexity index is 522. The lowest BCUT2D eigenvalue weighted by Gasteiger charge is -2.01. The average molecular weight is 201 g/mol. The molecule has 76 valence electrons. The summed E-state index contributed by atoms with van der Waals surface area (Å²) in [5.74, 6) is 0.541. The highest BCUT2D eigenvalue weighted by atomic mass is 16.1. The van der Waals surface area contributed by atoms with E-state index >= 15 is 0 Å². The van der Waals surface area contributed by atoms with Crippen molar-refractivity contribution in [2.45, 2.75) is 13.3 Å². The van der Waals surface area contributed by atoms with E-state index in [0.29, 0.717) is 12.2 Å². The molecule has 1 heterocycles. The first-order valence-corrected chi connectivity index (χ1v) is 4.66. The Morgan fingerprint density at radius 3 is 2.93 bits per heavy atom. The van der Waals surface area contributed by atoms with Gasteiger partial charge in [-0.1, -0.05) is 6.07 Å². The summed E-state index contributed by atoms with van der Waals surface area (Å²) in [5, 5.41) is 0. The fourth-order valence-electron chi connectivity index (χ4n) is 1.47. The summed E-state index contributed by atoms with van der Waals surface area (Å²) >= 11 is 0. The van der Waals surface area contributed by atoms with Gasteiger partial charge in [0.25, 0.3) is 0 Å². The molecule has 0 amide bonds. The number of benzene rings is 1. The van der Waals surface area contributed by atoms with Crippen LogP contribution >= 0.6 is 0 Å². The number of hydrogen-bond donors (Lipinski definition) is 1. The molecule has 15 heavy (non-hydrogen) atoms. The lowest BCUT2D eigenvalue weighted by molar-refractivity contribution is -0.116. The van der Waals surface area contributed by atoms with Crippen LogP contribution in [0, 0.1) is 0 Å². The van der Waals surface area contributed by atoms with Gasteiger partial charge >= 0.3 is 0 Å². The maximum atomic E-state index is 10.9. The largest absolute Gasteiger partial charge is 0.382 e. The predicted octanol–water partition coefficient (Wildman–Crippen LogP) is 1.34. The molecule has 4 heteroatoms. The number of nitrogen functional groups attached to an aromatic ring is 1. The standard InChI is InChI=1S/C11H11N3O/c1-7(15)4-8-2-3-9-10(5-8)13-6-11(12)14-9/h2-3,5-6H,4H2,1H3,(H2,12,14). The predicted molar refractivity (Wildman–Crippen MR) is 58.3 cm³/mol. The van der Waals surface area contributed by atoms with Crippen LogP contribution in [0.3, 0.4) is 0 Å². The minimum Gasteiger partial charge on any atom is -0.382 e. The molecular weight excluding hydrogens is 190 g/mol. The highest BCUT2D eigenvalue weighted by Crippen LogP contribution is 2.13. The van der Waals surface area contributed by atoms with Gasteiger partial charge in [0.1, 0.15) is 11.6 Å². The molecule has 0 atom stereocenters. The summed E-state index contributed by atoms with van der Waals surface area (Å²) in [4.78, 5) is 19.2. The number of carbonyl (C=O) groups is 1. The Hall–Kier alpha value is -1.97. The number of nitrogens with zero attached hydrogens (tertiary/aromatic N) is 2. The summed E-state index contributed by atoms with van der Waals surface area (Å²) < 4.78 is 0. The molecule has 0 radical (unpaired) electrons. The summed E-state index contributed by atoms with van der Waals surface area (Å²) in [7, 11) is 0. The van der Waals surface area contributed by atoms with Gasteiger partial charge in [0.15, 0.2) is 0 Å². The molecule has 0 spiro atoms. The summed E-state index contributed by atoms with van der Waals surface area (Å²) in [6.07, 6.45) is 1.95. The van der Waals surface area contributed by atoms with Crippen LogP contribution in [0.1, 0.15) is 12.5 Å². The zero-order valence-electron chi connectivity index (χ0n) is 8.40. The molecule has 1 aromatic carbocycles. The van der Waals surface area contributed by atoms with Crippen LogP contribution < -0.4 is 5.73 Å². The number of ketones is 1. The van der Waals surface area contributed by atoms with Crippen LogP contribution in [0.15, 0.2) is 24.4 Å². The highest BCUT2D eigenvalue weighted by molar-refractivity contribution is 5.81. The first-order chi connectivity index (χ1) is 7.15. The third-order valence-electron chi connectivity index (χ3n) is 2.08. The minimum atomic E-state index is 0.137. The maximum absolute atomic E-state index is 10.9. The second-order valence-corrected chi connectivity index (χ2v) is 3.50. The van der Waals surface area contributed by atoms with E-state index in [0.717, 1.165) is 16.6 Å². The second kappa shape index (κ2) is 3.65. The molecule has 0 fully saturated rings. The number of aromatic nitrogens is 2. The molecule has 2 aromatic rings. The molecule has 0 aliphatic rings. The van der Waals surface area contributed by atoms with E-state index in [2.05, 4.69) is 9.97 Å². The van der Waals surface area contributed by atoms with E-state index in [-0.39, 0.29) is 5.78 Å². The van der Waals surface area contributed by atoms with Crippen molar-refractivity contribution in [3.05, 3.63) is 30.0 Å². The quantitative estimate of drug-likeness (QED) is 0.796. The molecular formula is C11H11N3O. The maximum Gasteiger partial charge on any atom is 0.142 e. The third-order valence-corrected chi connectivity index (χ3v) is 2.08. The number of nitrogens with two attached hydrogens (primary N) is 1. The van der Waals surface area contributed by atoms with Gasteiger partial charge in [-0.25, -0.2) is 4.98 Å². The smallest absolute Gasteiger partial charge is 0.142 e. The lowest BCUT2D eigenvalue weighted by atomic mass is 10.1. The Morgan fingerprint density at radius 1 is 1.40 bits per heavy atom. The van der Waals surface area contributed by atoms with Crippen LogP contribution in [0.5, 0.6) is 0 Å². The Morgan fingerprint density at radius 2 is 2.20 bits per heavy atom. The SMILES string of the molecule is CC(=O)Cc1ccc2nc(N)cnc2c1. The summed E-state index contributed by atoms with van der Waals surface area (Å²) in [5.41, 5.74) is 7.99. The number of Topliss-reactive ketones (excluding diaryl/α,β-unsaturated/α-hetero) is 1. The van der Waals surface area contributed by atoms with Crippen molar-refractivity contribution in [3.63, 3.8) is 0 Å². The van der Waals surface area contributed by atoms with E-state index in [1.54, 1.807) is 6.92 Å². The van der Waals surface area contributed by atoms with Crippen LogP contribution in [-0.4, -0.2) is 15.8 Å². The first-order valence-electron chi connectivity index (χ1n) is 4.66. The van der Waals surface area contributed by atoms with Crippen molar-refractivity contribution >= 4 is 22.6 Å². The fraction of sp³-hybridized carbons (Fsp3) is 0.182. The van der Waals surface area contributed by atoms with Crippen molar-refractivity contribution < 1.29 is 4.79 Å². The van der Waals surface area contributed by atoms with Gasteiger partial charge in [-0.05, 0) is 24.6 Å². The minimum absolute atomic E-state index is 0.137. The van der Waals surface area contributed by atoms with Gasteiger partial charge < -0.3 is 5.73 Å². The molecule has 0 bridgehead atoms. The number of hydrogen-bond acceptors (Lipinski definition) is 4. The van der Waals surface area contributed by atoms with Crippen LogP contribution in [0.25, 0.3) is 11.0 Å². The Balaban J connectivity index is 2.47. The lowest BCUT2D eigenvalue weighted by Crippen LogP contribution is -1.97. The van der Waals surface area contributed by atoms with E-state index < -0.39 is 0 Å². The van der Waals surface area contributed by atoms with Crippen LogP contribution in [0.2, 0.25) is 0 Å². The van der Waals surface area contributed by atoms with Gasteiger partial charge in [-0.15, -0.1) is 0 Å². The zero-order valence-corrected chi connectivity index (χ0v) is 8.40. The molecule has 0 aliphatic carbocycles. The second-order valence-electron chi connectivity index (χ2n) is 3.50. The molecule has 0 unspecified atom stereocenters. The van der Waals surface area contributed by atoms with Gasteiger partial charge in [0.2, 0.25) is 0 Å². The van der Waals surface area contributed by atoms with Crippen molar-refractivity contribution in [3.8, 4) is 0 Å². The van der Waals surface area contributed by atoms with Gasteiger partial charge in [0, 0.05) is 6.42 Å². The van der Waals surface area contributed by atoms with Crippen molar-refractivity contribution in [1.82, 2.24) is 9.97 Å². The Kier molecular flexibility index (Phi) is 2.33. The zero-order chi connectivity index (χ0) is 10.8. The molecule has 0 aliphatic heterocycles. The highest BCUT2D eigenvalue weighted by Gasteiger charge is 2.01. The number of rotatable bonds is 2. The third kappa shape index (κ3) is 2.10. The van der Waals surface area contributed by atoms with E-state index in [9.17, 15) is 4.79 Å². The molecule has 0 saturated carbocycles. The average Bonchev–Trinajstić information content (AvgIpc) is 2.17. The topological polar surface area (TPSA) is 68.9 Å². The van der Waals surface area contributed by atoms with E-state index in [1.165, 1.54) is 6.20 Å². The van der Waals surface area contributed by atoms with Gasteiger partial charge in [0.05, 0.1) is 17.2 Å². The van der Waals surface area contributed by atoms with Crippen LogP contribution in [-0.2, 0) is 11.2 Å². The van der Waals surface area contributed by atoms with Crippen LogP contribution in [0.4, 0.5) is 5.82 Å². The normalized spacial score (nSPS) is 10.5. The van der Waals surface area contributed by atoms with Gasteiger partial charge in [-0.3, -0.25) is 9.78 Å². The van der Waals surface area contributed by atoms with Crippen molar-refractivity contribution in [2.75, 3.05) is 5.73 Å². The summed E-state index contributed by atoms with van der Waals surface area (Å²) in [6.45, 7) is 1.57. The molecule has 2 N–H and O–H groups in total. The molecule has 4 nitrogen and oxygen atoms in total. The van der Waals surface area contributed by atoms with E-state index in [4.69, 9.17) is 5.73 Å². The van der Waals surface area contributed by atoms with Crippen molar-refractivity contribution in [2.24, 2.45) is 0 Å². The van der Waals surface area contributed by atoms with Gasteiger partial charge in [-0.2, -0.15) is 0 Å². The molecule has 1 aromatic heterocycles. The number of fused-ring (bicyclic) bond motifs is 1. The monoisotopic (exact) mass is 201 g/mol. The molecule has 2 rings (SSSR count). The first kappa shape index (κ1) is 9.58. The van der Waals surface area contributed by atoms with E-state index in [1.807, 2.05) is 18.2 Å². The molecule has 0 saturated heterocycles. The number of anilines is 1. The fourth-order valence-corrected chi connectivity index (χ4v) is 1.47. The van der Waals surface area contributed by atoms with Crippen molar-refractivity contribution in [1.29, 1.82) is 0 Å². The number of carbonyl (C=O) groups excluding carboxylic acids is 1. The Labute approximate surface area is 87.1 Å². The summed E-state index contributed by atoms with van der Waals surface area (Å²) in [6, 6.07) is 5.57.